The molecule has 1 atom stereocenters. The normalized spacial score (nSPS) is 21.1. The summed E-state index contributed by atoms with van der Waals surface area (Å²) < 4.78 is 44.8. The Labute approximate surface area is 95.3 Å². The van der Waals surface area contributed by atoms with Crippen LogP contribution in [0, 0.1) is 17.5 Å². The van der Waals surface area contributed by atoms with Crippen LogP contribution in [-0.2, 0) is 4.74 Å². The fraction of sp³-hybridized carbons (Fsp3) is 0.400. The Morgan fingerprint density at radius 2 is 2.06 bits per heavy atom. The number of rotatable bonds is 1. The number of nitrogens with one attached hydrogen (secondary N) is 1. The molecule has 1 aromatic carbocycles. The molecule has 1 fully saturated rings. The van der Waals surface area contributed by atoms with Crippen LogP contribution in [0.15, 0.2) is 6.07 Å². The SMILES string of the molecule is Fc1cc(C2CNCCO2)c(F)c(Cl)c1F. The van der Waals surface area contributed by atoms with Crippen molar-refractivity contribution < 1.29 is 17.9 Å². The maximum absolute atomic E-state index is 13.6. The highest BCUT2D eigenvalue weighted by molar-refractivity contribution is 6.31. The van der Waals surface area contributed by atoms with Crippen LogP contribution >= 0.6 is 11.6 Å². The lowest BCUT2D eigenvalue weighted by Gasteiger charge is -2.24. The highest BCUT2D eigenvalue weighted by Crippen LogP contribution is 2.30. The molecule has 6 heteroatoms. The van der Waals surface area contributed by atoms with E-state index in [1.54, 1.807) is 0 Å². The van der Waals surface area contributed by atoms with E-state index < -0.39 is 28.6 Å². The molecule has 1 aliphatic rings. The number of benzene rings is 1. The van der Waals surface area contributed by atoms with Crippen molar-refractivity contribution in [2.75, 3.05) is 19.7 Å². The van der Waals surface area contributed by atoms with E-state index in [4.69, 9.17) is 16.3 Å². The zero-order valence-corrected chi connectivity index (χ0v) is 8.95. The van der Waals surface area contributed by atoms with Gasteiger partial charge in [0.15, 0.2) is 17.5 Å². The van der Waals surface area contributed by atoms with Gasteiger partial charge >= 0.3 is 0 Å². The van der Waals surface area contributed by atoms with Gasteiger partial charge in [-0.2, -0.15) is 0 Å². The minimum atomic E-state index is -1.37. The smallest absolute Gasteiger partial charge is 0.180 e. The number of halogens is 4. The summed E-state index contributed by atoms with van der Waals surface area (Å²) in [5.74, 6) is -3.50. The van der Waals surface area contributed by atoms with Gasteiger partial charge in [0.2, 0.25) is 0 Å². The first-order chi connectivity index (χ1) is 7.61. The Morgan fingerprint density at radius 1 is 1.31 bits per heavy atom. The number of morpholine rings is 1. The molecule has 1 unspecified atom stereocenters. The number of ether oxygens (including phenoxy) is 1. The third-order valence-electron chi connectivity index (χ3n) is 2.41. The second kappa shape index (κ2) is 4.61. The third-order valence-corrected chi connectivity index (χ3v) is 2.74. The zero-order valence-electron chi connectivity index (χ0n) is 8.20. The highest BCUT2D eigenvalue weighted by atomic mass is 35.5. The molecule has 1 heterocycles. The van der Waals surface area contributed by atoms with Crippen molar-refractivity contribution in [2.45, 2.75) is 6.10 Å². The van der Waals surface area contributed by atoms with Crippen LogP contribution in [-0.4, -0.2) is 19.7 Å². The maximum Gasteiger partial charge on any atom is 0.180 e. The molecular formula is C10H9ClF3NO. The summed E-state index contributed by atoms with van der Waals surface area (Å²) in [6, 6.07) is 0.786. The van der Waals surface area contributed by atoms with E-state index in [0.29, 0.717) is 19.7 Å². The van der Waals surface area contributed by atoms with Gasteiger partial charge in [0.05, 0.1) is 12.7 Å². The monoisotopic (exact) mass is 251 g/mol. The molecule has 1 aromatic rings. The number of hydrogen-bond acceptors (Lipinski definition) is 2. The Balaban J connectivity index is 2.40. The van der Waals surface area contributed by atoms with Gasteiger partial charge in [0.25, 0.3) is 0 Å². The molecule has 0 aliphatic carbocycles. The predicted octanol–water partition coefficient (Wildman–Crippen LogP) is 2.42. The van der Waals surface area contributed by atoms with Gasteiger partial charge in [-0.3, -0.25) is 0 Å². The van der Waals surface area contributed by atoms with Crippen LogP contribution < -0.4 is 5.32 Å². The fourth-order valence-electron chi connectivity index (χ4n) is 1.59. The van der Waals surface area contributed by atoms with Gasteiger partial charge in [-0.15, -0.1) is 0 Å². The van der Waals surface area contributed by atoms with Gasteiger partial charge in [-0.05, 0) is 6.07 Å². The van der Waals surface area contributed by atoms with Crippen LogP contribution in [0.5, 0.6) is 0 Å². The fourth-order valence-corrected chi connectivity index (χ4v) is 1.79. The van der Waals surface area contributed by atoms with Crippen molar-refractivity contribution in [3.8, 4) is 0 Å². The highest BCUT2D eigenvalue weighted by Gasteiger charge is 2.24. The molecule has 16 heavy (non-hydrogen) atoms. The molecule has 0 radical (unpaired) electrons. The average molecular weight is 252 g/mol. The molecular weight excluding hydrogens is 243 g/mol. The second-order valence-electron chi connectivity index (χ2n) is 3.45. The van der Waals surface area contributed by atoms with E-state index in [9.17, 15) is 13.2 Å². The standard InChI is InChI=1S/C10H9ClF3NO/c11-8-9(13)5(3-6(12)10(8)14)7-4-15-1-2-16-7/h3,7,15H,1-2,4H2. The first-order valence-electron chi connectivity index (χ1n) is 4.76. The minimum Gasteiger partial charge on any atom is -0.371 e. The van der Waals surface area contributed by atoms with E-state index in [2.05, 4.69) is 5.32 Å². The molecule has 0 spiro atoms. The minimum absolute atomic E-state index is 0.0592. The van der Waals surface area contributed by atoms with Gasteiger partial charge in [-0.25, -0.2) is 13.2 Å². The van der Waals surface area contributed by atoms with Crippen LogP contribution in [0.25, 0.3) is 0 Å². The molecule has 2 rings (SSSR count). The molecule has 0 amide bonds. The largest absolute Gasteiger partial charge is 0.371 e. The van der Waals surface area contributed by atoms with Crippen molar-refractivity contribution in [3.05, 3.63) is 34.1 Å². The lowest BCUT2D eigenvalue weighted by molar-refractivity contribution is 0.0252. The average Bonchev–Trinajstić information content (AvgIpc) is 2.32. The van der Waals surface area contributed by atoms with Crippen molar-refractivity contribution >= 4 is 11.6 Å². The van der Waals surface area contributed by atoms with Crippen molar-refractivity contribution in [2.24, 2.45) is 0 Å². The molecule has 1 N–H and O–H groups in total. The summed E-state index contributed by atoms with van der Waals surface area (Å²) in [5.41, 5.74) is -0.0592. The van der Waals surface area contributed by atoms with E-state index in [1.165, 1.54) is 0 Å². The Hall–Kier alpha value is -0.780. The van der Waals surface area contributed by atoms with Gasteiger partial charge in [0.1, 0.15) is 5.02 Å². The van der Waals surface area contributed by atoms with E-state index in [-0.39, 0.29) is 5.56 Å². The quantitative estimate of drug-likeness (QED) is 0.611. The summed E-state index contributed by atoms with van der Waals surface area (Å²) in [4.78, 5) is 0. The molecule has 88 valence electrons. The van der Waals surface area contributed by atoms with E-state index >= 15 is 0 Å². The summed E-state index contributed by atoms with van der Waals surface area (Å²) in [5, 5.41) is 2.13. The van der Waals surface area contributed by atoms with Gasteiger partial charge in [-0.1, -0.05) is 11.6 Å². The Kier molecular flexibility index (Phi) is 3.37. The van der Waals surface area contributed by atoms with Crippen molar-refractivity contribution in [1.29, 1.82) is 0 Å². The molecule has 0 aromatic heterocycles. The summed E-state index contributed by atoms with van der Waals surface area (Å²) in [6.45, 7) is 1.38. The van der Waals surface area contributed by atoms with E-state index in [1.807, 2.05) is 0 Å². The zero-order chi connectivity index (χ0) is 11.7. The lowest BCUT2D eigenvalue weighted by atomic mass is 10.1. The first-order valence-corrected chi connectivity index (χ1v) is 5.14. The van der Waals surface area contributed by atoms with Gasteiger partial charge < -0.3 is 10.1 Å². The third kappa shape index (κ3) is 2.03. The molecule has 1 saturated heterocycles. The molecule has 1 aliphatic heterocycles. The topological polar surface area (TPSA) is 21.3 Å². The Morgan fingerprint density at radius 3 is 2.69 bits per heavy atom. The van der Waals surface area contributed by atoms with Crippen molar-refractivity contribution in [1.82, 2.24) is 5.32 Å². The van der Waals surface area contributed by atoms with Crippen LogP contribution in [0.4, 0.5) is 13.2 Å². The summed E-state index contributed by atoms with van der Waals surface area (Å²) in [6.07, 6.45) is -0.638. The molecule has 0 bridgehead atoms. The van der Waals surface area contributed by atoms with Gasteiger partial charge in [0, 0.05) is 18.7 Å². The Bertz CT molecular complexity index is 408. The first kappa shape index (κ1) is 11.7. The summed E-state index contributed by atoms with van der Waals surface area (Å²) in [7, 11) is 0. The number of hydrogen-bond donors (Lipinski definition) is 1. The maximum atomic E-state index is 13.6. The second-order valence-corrected chi connectivity index (χ2v) is 3.83. The summed E-state index contributed by atoms with van der Waals surface area (Å²) >= 11 is 5.34. The van der Waals surface area contributed by atoms with Crippen LogP contribution in [0.2, 0.25) is 5.02 Å². The molecule has 2 nitrogen and oxygen atoms in total. The van der Waals surface area contributed by atoms with Crippen molar-refractivity contribution in [3.63, 3.8) is 0 Å². The predicted molar refractivity (Wildman–Crippen MR) is 52.9 cm³/mol. The van der Waals surface area contributed by atoms with Crippen LogP contribution in [0.1, 0.15) is 11.7 Å². The van der Waals surface area contributed by atoms with E-state index in [0.717, 1.165) is 6.07 Å². The molecule has 0 saturated carbocycles. The van der Waals surface area contributed by atoms with Crippen LogP contribution in [0.3, 0.4) is 0 Å². The lowest BCUT2D eigenvalue weighted by Crippen LogP contribution is -2.33.